The predicted molar refractivity (Wildman–Crippen MR) is 51.9 cm³/mol. The molecular weight excluding hydrogens is 202 g/mol. The molecule has 1 heterocycles. The molecule has 0 saturated heterocycles. The first-order valence-electron chi connectivity index (χ1n) is 3.40. The second-order valence-corrected chi connectivity index (χ2v) is 3.07. The number of rotatable bonds is 1. The van der Waals surface area contributed by atoms with E-state index >= 15 is 0 Å². The van der Waals surface area contributed by atoms with Gasteiger partial charge in [-0.1, -0.05) is 12.7 Å². The van der Waals surface area contributed by atoms with Crippen LogP contribution in [0.3, 0.4) is 0 Å². The fraction of sp³-hybridized carbons (Fsp3) is 0.111. The zero-order chi connectivity index (χ0) is 8.27. The molecule has 0 aliphatic carbocycles. The summed E-state index contributed by atoms with van der Waals surface area (Å²) in [6.45, 7) is 5.71. The van der Waals surface area contributed by atoms with E-state index in [1.54, 1.807) is 6.20 Å². The van der Waals surface area contributed by atoms with Gasteiger partial charge >= 0.3 is 0 Å². The van der Waals surface area contributed by atoms with Gasteiger partial charge in [0.2, 0.25) is 0 Å². The van der Waals surface area contributed by atoms with Gasteiger partial charge in [0.25, 0.3) is 0 Å². The Morgan fingerprint density at radius 1 is 1.55 bits per heavy atom. The fourth-order valence-electron chi connectivity index (χ4n) is 0.905. The molecule has 0 bridgehead atoms. The van der Waals surface area contributed by atoms with Crippen molar-refractivity contribution in [2.24, 2.45) is 0 Å². The number of nitrogens with zero attached hydrogens (tertiary/aromatic N) is 1. The lowest BCUT2D eigenvalue weighted by molar-refractivity contribution is 0.645. The Bertz CT molecular complexity index is 248. The first-order chi connectivity index (χ1) is 5.27. The highest BCUT2D eigenvalue weighted by molar-refractivity contribution is 9.11. The molecule has 58 valence electrons. The van der Waals surface area contributed by atoms with E-state index in [1.165, 1.54) is 0 Å². The van der Waals surface area contributed by atoms with Gasteiger partial charge in [0.1, 0.15) is 0 Å². The lowest BCUT2D eigenvalue weighted by atomic mass is 10.3. The molecule has 0 radical (unpaired) electrons. The smallest absolute Gasteiger partial charge is 0.0407 e. The third kappa shape index (κ3) is 1.84. The van der Waals surface area contributed by atoms with Gasteiger partial charge in [0.05, 0.1) is 0 Å². The van der Waals surface area contributed by atoms with Crippen molar-refractivity contribution in [1.29, 1.82) is 0 Å². The van der Waals surface area contributed by atoms with Crippen molar-refractivity contribution in [3.05, 3.63) is 47.4 Å². The summed E-state index contributed by atoms with van der Waals surface area (Å²) >= 11 is 3.38. The van der Waals surface area contributed by atoms with Crippen molar-refractivity contribution >= 4 is 15.9 Å². The standard InChI is InChI=1S/C9H10BrN/c1-3-9-6-5-8(10)7-11(9)4-2/h3-7H,2H2,1H3. The Morgan fingerprint density at radius 2 is 2.27 bits per heavy atom. The Balaban J connectivity index is 2.92. The summed E-state index contributed by atoms with van der Waals surface area (Å²) in [6.07, 6.45) is 9.83. The summed E-state index contributed by atoms with van der Waals surface area (Å²) < 4.78 is 1.06. The van der Waals surface area contributed by atoms with Crippen LogP contribution < -0.4 is 0 Å². The zero-order valence-electron chi connectivity index (χ0n) is 6.42. The van der Waals surface area contributed by atoms with Crippen LogP contribution in [0, 0.1) is 0 Å². The van der Waals surface area contributed by atoms with Gasteiger partial charge in [0, 0.05) is 22.6 Å². The Kier molecular flexibility index (Phi) is 2.71. The first kappa shape index (κ1) is 8.34. The Hall–Kier alpha value is -0.760. The van der Waals surface area contributed by atoms with Gasteiger partial charge in [-0.25, -0.2) is 0 Å². The normalized spacial score (nSPS) is 20.4. The second kappa shape index (κ2) is 3.58. The molecule has 0 aromatic carbocycles. The van der Waals surface area contributed by atoms with Crippen molar-refractivity contribution in [2.45, 2.75) is 6.92 Å². The molecule has 0 aromatic heterocycles. The zero-order valence-corrected chi connectivity index (χ0v) is 8.01. The van der Waals surface area contributed by atoms with Crippen molar-refractivity contribution in [1.82, 2.24) is 4.90 Å². The maximum atomic E-state index is 3.70. The third-order valence-electron chi connectivity index (χ3n) is 1.47. The van der Waals surface area contributed by atoms with Crippen LogP contribution in [0.2, 0.25) is 0 Å². The minimum Gasteiger partial charge on any atom is -0.324 e. The molecule has 1 aliphatic heterocycles. The highest BCUT2D eigenvalue weighted by Gasteiger charge is 2.03. The number of allylic oxidation sites excluding steroid dienone is 4. The average Bonchev–Trinajstić information content (AvgIpc) is 2.04. The summed E-state index contributed by atoms with van der Waals surface area (Å²) in [7, 11) is 0. The van der Waals surface area contributed by atoms with E-state index in [2.05, 4.69) is 22.5 Å². The molecule has 0 unspecified atom stereocenters. The quantitative estimate of drug-likeness (QED) is 0.645. The monoisotopic (exact) mass is 211 g/mol. The molecule has 2 heteroatoms. The van der Waals surface area contributed by atoms with E-state index in [0.29, 0.717) is 0 Å². The van der Waals surface area contributed by atoms with E-state index in [-0.39, 0.29) is 0 Å². The Morgan fingerprint density at radius 3 is 2.82 bits per heavy atom. The fourth-order valence-corrected chi connectivity index (χ4v) is 1.26. The van der Waals surface area contributed by atoms with Crippen molar-refractivity contribution in [3.8, 4) is 0 Å². The van der Waals surface area contributed by atoms with Gasteiger partial charge < -0.3 is 4.90 Å². The molecule has 1 nitrogen and oxygen atoms in total. The topological polar surface area (TPSA) is 3.24 Å². The molecule has 0 atom stereocenters. The van der Waals surface area contributed by atoms with Crippen molar-refractivity contribution in [2.75, 3.05) is 0 Å². The third-order valence-corrected chi connectivity index (χ3v) is 1.94. The molecule has 0 aromatic rings. The molecule has 0 spiro atoms. The van der Waals surface area contributed by atoms with E-state index in [9.17, 15) is 0 Å². The van der Waals surface area contributed by atoms with Crippen LogP contribution in [0.1, 0.15) is 6.92 Å². The first-order valence-corrected chi connectivity index (χ1v) is 4.20. The van der Waals surface area contributed by atoms with Crippen molar-refractivity contribution < 1.29 is 0 Å². The number of hydrogen-bond donors (Lipinski definition) is 0. The van der Waals surface area contributed by atoms with Crippen molar-refractivity contribution in [3.63, 3.8) is 0 Å². The SMILES string of the molecule is C=CN1C=C(Br)C=CC1=CC. The largest absolute Gasteiger partial charge is 0.324 e. The van der Waals surface area contributed by atoms with Crippen LogP contribution in [0.15, 0.2) is 47.4 Å². The van der Waals surface area contributed by atoms with Crippen LogP contribution in [0.5, 0.6) is 0 Å². The van der Waals surface area contributed by atoms with E-state index < -0.39 is 0 Å². The maximum Gasteiger partial charge on any atom is 0.0407 e. The van der Waals surface area contributed by atoms with Crippen LogP contribution in [0.25, 0.3) is 0 Å². The van der Waals surface area contributed by atoms with Gasteiger partial charge in [-0.2, -0.15) is 0 Å². The van der Waals surface area contributed by atoms with Crippen LogP contribution in [-0.4, -0.2) is 4.90 Å². The van der Waals surface area contributed by atoms with Crippen LogP contribution >= 0.6 is 15.9 Å². The molecule has 0 fully saturated rings. The van der Waals surface area contributed by atoms with Crippen LogP contribution in [0.4, 0.5) is 0 Å². The summed E-state index contributed by atoms with van der Waals surface area (Å²) in [4.78, 5) is 1.96. The average molecular weight is 212 g/mol. The predicted octanol–water partition coefficient (Wildman–Crippen LogP) is 3.14. The van der Waals surface area contributed by atoms with E-state index in [1.807, 2.05) is 36.3 Å². The molecule has 1 aliphatic rings. The lowest BCUT2D eigenvalue weighted by Crippen LogP contribution is -2.09. The van der Waals surface area contributed by atoms with E-state index in [0.717, 1.165) is 10.2 Å². The van der Waals surface area contributed by atoms with E-state index in [4.69, 9.17) is 0 Å². The summed E-state index contributed by atoms with van der Waals surface area (Å²) in [5.41, 5.74) is 1.14. The van der Waals surface area contributed by atoms with Gasteiger partial charge in [-0.05, 0) is 35.0 Å². The highest BCUT2D eigenvalue weighted by Crippen LogP contribution is 2.20. The summed E-state index contributed by atoms with van der Waals surface area (Å²) in [5, 5.41) is 0. The van der Waals surface area contributed by atoms with Gasteiger partial charge in [-0.15, -0.1) is 0 Å². The molecule has 0 N–H and O–H groups in total. The van der Waals surface area contributed by atoms with Crippen LogP contribution in [-0.2, 0) is 0 Å². The summed E-state index contributed by atoms with van der Waals surface area (Å²) in [5.74, 6) is 0. The van der Waals surface area contributed by atoms with Gasteiger partial charge in [-0.3, -0.25) is 0 Å². The lowest BCUT2D eigenvalue weighted by Gasteiger charge is -2.19. The molecular formula is C9H10BrN. The second-order valence-electron chi connectivity index (χ2n) is 2.15. The minimum absolute atomic E-state index is 1.06. The maximum absolute atomic E-state index is 3.70. The molecule has 0 saturated carbocycles. The Labute approximate surface area is 75.5 Å². The molecule has 11 heavy (non-hydrogen) atoms. The molecule has 1 rings (SSSR count). The molecule has 0 amide bonds. The highest BCUT2D eigenvalue weighted by atomic mass is 79.9. The minimum atomic E-state index is 1.06. The summed E-state index contributed by atoms with van der Waals surface area (Å²) in [6, 6.07) is 0. The van der Waals surface area contributed by atoms with Gasteiger partial charge in [0.15, 0.2) is 0 Å². The number of hydrogen-bond acceptors (Lipinski definition) is 1. The number of halogens is 1.